The molecule has 0 saturated carbocycles. The molecule has 0 spiro atoms. The number of rotatable bonds is 10. The summed E-state index contributed by atoms with van der Waals surface area (Å²) in [6.45, 7) is 5.00. The highest BCUT2D eigenvalue weighted by Gasteiger charge is 2.10. The Morgan fingerprint density at radius 3 is 2.21 bits per heavy atom. The smallest absolute Gasteiger partial charge is 0.127 e. The molecule has 0 heterocycles. The van der Waals surface area contributed by atoms with Gasteiger partial charge >= 0.3 is 0 Å². The minimum atomic E-state index is 0.597. The Labute approximate surface area is 169 Å². The summed E-state index contributed by atoms with van der Waals surface area (Å²) in [4.78, 5) is 0. The maximum atomic E-state index is 5.96. The van der Waals surface area contributed by atoms with Crippen LogP contribution in [0.25, 0.3) is 0 Å². The standard InChI is InChI=1S/C26H30O2/c1-3-22(23-16-18-24(19-17-23)27-4-2)12-8-10-21-11-9-15-26(20-21)28-25-13-6-5-7-14-25/h5-7,9,11,13-20,22H,3-4,8,10,12H2,1-2H3. The molecule has 3 aromatic rings. The van der Waals surface area contributed by atoms with Gasteiger partial charge in [-0.3, -0.25) is 0 Å². The van der Waals surface area contributed by atoms with Crippen molar-refractivity contribution in [3.05, 3.63) is 90.0 Å². The number of para-hydroxylation sites is 1. The first-order valence-electron chi connectivity index (χ1n) is 10.3. The molecule has 0 aromatic heterocycles. The van der Waals surface area contributed by atoms with Crippen molar-refractivity contribution in [3.63, 3.8) is 0 Å². The highest BCUT2D eigenvalue weighted by Crippen LogP contribution is 2.28. The molecule has 146 valence electrons. The zero-order valence-corrected chi connectivity index (χ0v) is 16.9. The van der Waals surface area contributed by atoms with E-state index in [1.807, 2.05) is 43.3 Å². The normalized spacial score (nSPS) is 11.8. The second kappa shape index (κ2) is 10.6. The molecule has 0 radical (unpaired) electrons. The maximum absolute atomic E-state index is 5.96. The van der Waals surface area contributed by atoms with E-state index in [4.69, 9.17) is 9.47 Å². The van der Waals surface area contributed by atoms with Crippen LogP contribution in [0.1, 0.15) is 50.2 Å². The van der Waals surface area contributed by atoms with Gasteiger partial charge in [0.05, 0.1) is 6.61 Å². The van der Waals surface area contributed by atoms with E-state index < -0.39 is 0 Å². The van der Waals surface area contributed by atoms with Crippen LogP contribution < -0.4 is 9.47 Å². The fourth-order valence-electron chi connectivity index (χ4n) is 3.55. The van der Waals surface area contributed by atoms with E-state index >= 15 is 0 Å². The van der Waals surface area contributed by atoms with Gasteiger partial charge in [-0.15, -0.1) is 0 Å². The molecular formula is C26H30O2. The number of benzene rings is 3. The molecule has 2 heteroatoms. The highest BCUT2D eigenvalue weighted by molar-refractivity contribution is 5.34. The van der Waals surface area contributed by atoms with E-state index in [0.717, 1.165) is 30.1 Å². The lowest BCUT2D eigenvalue weighted by molar-refractivity contribution is 0.340. The van der Waals surface area contributed by atoms with Crippen LogP contribution in [-0.2, 0) is 6.42 Å². The molecule has 0 N–H and O–H groups in total. The summed E-state index contributed by atoms with van der Waals surface area (Å²) in [7, 11) is 0. The summed E-state index contributed by atoms with van der Waals surface area (Å²) < 4.78 is 11.5. The van der Waals surface area contributed by atoms with Crippen LogP contribution >= 0.6 is 0 Å². The lowest BCUT2D eigenvalue weighted by Crippen LogP contribution is -1.99. The summed E-state index contributed by atoms with van der Waals surface area (Å²) in [6, 6.07) is 27.0. The number of aryl methyl sites for hydroxylation is 1. The summed E-state index contributed by atoms with van der Waals surface area (Å²) in [5, 5.41) is 0. The fraction of sp³-hybridized carbons (Fsp3) is 0.308. The van der Waals surface area contributed by atoms with Crippen molar-refractivity contribution in [2.75, 3.05) is 6.61 Å². The second-order valence-corrected chi connectivity index (χ2v) is 7.06. The first kappa shape index (κ1) is 20.0. The molecule has 0 bridgehead atoms. The predicted molar refractivity (Wildman–Crippen MR) is 117 cm³/mol. The van der Waals surface area contributed by atoms with Crippen LogP contribution in [0.4, 0.5) is 0 Å². The van der Waals surface area contributed by atoms with E-state index in [0.29, 0.717) is 12.5 Å². The van der Waals surface area contributed by atoms with E-state index in [2.05, 4.69) is 49.4 Å². The van der Waals surface area contributed by atoms with E-state index in [-0.39, 0.29) is 0 Å². The Hall–Kier alpha value is -2.74. The van der Waals surface area contributed by atoms with Crippen molar-refractivity contribution in [2.45, 2.75) is 45.4 Å². The Morgan fingerprint density at radius 1 is 0.750 bits per heavy atom. The minimum Gasteiger partial charge on any atom is -0.494 e. The van der Waals surface area contributed by atoms with E-state index in [9.17, 15) is 0 Å². The van der Waals surface area contributed by atoms with Gasteiger partial charge in [0.1, 0.15) is 17.2 Å². The van der Waals surface area contributed by atoms with Crippen LogP contribution in [-0.4, -0.2) is 6.61 Å². The molecule has 28 heavy (non-hydrogen) atoms. The lowest BCUT2D eigenvalue weighted by atomic mass is 9.90. The fourth-order valence-corrected chi connectivity index (χ4v) is 3.55. The Bertz CT molecular complexity index is 825. The summed E-state index contributed by atoms with van der Waals surface area (Å²) in [5.41, 5.74) is 2.74. The van der Waals surface area contributed by atoms with Crippen LogP contribution in [0.2, 0.25) is 0 Å². The van der Waals surface area contributed by atoms with Crippen molar-refractivity contribution < 1.29 is 9.47 Å². The number of ether oxygens (including phenoxy) is 2. The minimum absolute atomic E-state index is 0.597. The van der Waals surface area contributed by atoms with Gasteiger partial charge in [0.15, 0.2) is 0 Å². The molecule has 3 aromatic carbocycles. The molecule has 1 unspecified atom stereocenters. The molecule has 3 rings (SSSR count). The van der Waals surface area contributed by atoms with Crippen molar-refractivity contribution in [1.82, 2.24) is 0 Å². The van der Waals surface area contributed by atoms with Crippen LogP contribution in [0, 0.1) is 0 Å². The summed E-state index contributed by atoms with van der Waals surface area (Å²) in [6.07, 6.45) is 4.58. The van der Waals surface area contributed by atoms with Gasteiger partial charge in [-0.2, -0.15) is 0 Å². The average molecular weight is 375 g/mol. The molecule has 0 amide bonds. The van der Waals surface area contributed by atoms with E-state index in [1.165, 1.54) is 24.0 Å². The van der Waals surface area contributed by atoms with Crippen LogP contribution in [0.5, 0.6) is 17.2 Å². The van der Waals surface area contributed by atoms with Crippen LogP contribution in [0.15, 0.2) is 78.9 Å². The quantitative estimate of drug-likeness (QED) is 0.368. The average Bonchev–Trinajstić information content (AvgIpc) is 2.73. The monoisotopic (exact) mass is 374 g/mol. The van der Waals surface area contributed by atoms with Crippen molar-refractivity contribution in [1.29, 1.82) is 0 Å². The Kier molecular flexibility index (Phi) is 7.54. The van der Waals surface area contributed by atoms with Crippen molar-refractivity contribution in [3.8, 4) is 17.2 Å². The van der Waals surface area contributed by atoms with Gasteiger partial charge in [-0.25, -0.2) is 0 Å². The van der Waals surface area contributed by atoms with Gasteiger partial charge < -0.3 is 9.47 Å². The topological polar surface area (TPSA) is 18.5 Å². The largest absolute Gasteiger partial charge is 0.494 e. The zero-order chi connectivity index (χ0) is 19.6. The molecule has 0 fully saturated rings. The number of hydrogen-bond acceptors (Lipinski definition) is 2. The van der Waals surface area contributed by atoms with Gasteiger partial charge in [0.25, 0.3) is 0 Å². The lowest BCUT2D eigenvalue weighted by Gasteiger charge is -2.16. The van der Waals surface area contributed by atoms with Gasteiger partial charge in [0.2, 0.25) is 0 Å². The van der Waals surface area contributed by atoms with Gasteiger partial charge in [0, 0.05) is 0 Å². The zero-order valence-electron chi connectivity index (χ0n) is 16.9. The van der Waals surface area contributed by atoms with Crippen molar-refractivity contribution >= 4 is 0 Å². The molecule has 0 saturated heterocycles. The SMILES string of the molecule is CCOc1ccc(C(CC)CCCc2cccc(Oc3ccccc3)c2)cc1. The second-order valence-electron chi connectivity index (χ2n) is 7.06. The first-order chi connectivity index (χ1) is 13.8. The third-order valence-electron chi connectivity index (χ3n) is 5.05. The molecule has 2 nitrogen and oxygen atoms in total. The summed E-state index contributed by atoms with van der Waals surface area (Å²) >= 11 is 0. The number of hydrogen-bond donors (Lipinski definition) is 0. The molecular weight excluding hydrogens is 344 g/mol. The van der Waals surface area contributed by atoms with Gasteiger partial charge in [-0.1, -0.05) is 49.4 Å². The van der Waals surface area contributed by atoms with Crippen LogP contribution in [0.3, 0.4) is 0 Å². The Balaban J connectivity index is 1.54. The predicted octanol–water partition coefficient (Wildman–Crippen LogP) is 7.39. The van der Waals surface area contributed by atoms with E-state index in [1.54, 1.807) is 0 Å². The summed E-state index contributed by atoms with van der Waals surface area (Å²) in [5.74, 6) is 3.33. The molecule has 0 aliphatic rings. The van der Waals surface area contributed by atoms with Crippen molar-refractivity contribution in [2.24, 2.45) is 0 Å². The van der Waals surface area contributed by atoms with Gasteiger partial charge in [-0.05, 0) is 86.1 Å². The third-order valence-corrected chi connectivity index (χ3v) is 5.05. The molecule has 0 aliphatic carbocycles. The third kappa shape index (κ3) is 5.88. The maximum Gasteiger partial charge on any atom is 0.127 e. The Morgan fingerprint density at radius 2 is 1.50 bits per heavy atom. The molecule has 1 atom stereocenters. The highest BCUT2D eigenvalue weighted by atomic mass is 16.5. The molecule has 0 aliphatic heterocycles. The first-order valence-corrected chi connectivity index (χ1v) is 10.3.